The van der Waals surface area contributed by atoms with Crippen LogP contribution in [0.25, 0.3) is 10.7 Å². The summed E-state index contributed by atoms with van der Waals surface area (Å²) in [6, 6.07) is 5.86. The summed E-state index contributed by atoms with van der Waals surface area (Å²) in [7, 11) is 1.97. The third-order valence-corrected chi connectivity index (χ3v) is 5.27. The van der Waals surface area contributed by atoms with Gasteiger partial charge in [0.15, 0.2) is 5.01 Å². The molecule has 0 N–H and O–H groups in total. The van der Waals surface area contributed by atoms with E-state index in [2.05, 4.69) is 31.4 Å². The molecule has 6 nitrogen and oxygen atoms in total. The Morgan fingerprint density at radius 2 is 2.04 bits per heavy atom. The lowest BCUT2D eigenvalue weighted by molar-refractivity contribution is 0.504. The van der Waals surface area contributed by atoms with Crippen LogP contribution in [0.3, 0.4) is 0 Å². The fraction of sp³-hybridized carbons (Fsp3) is 0.375. The SMILES string of the molecule is Cn1cc(C2CCN(c3nnc(-c4ccccn4)s3)CC2)cn1. The normalized spacial score (nSPS) is 16.0. The Balaban J connectivity index is 1.44. The lowest BCUT2D eigenvalue weighted by atomic mass is 9.92. The maximum atomic E-state index is 4.36. The highest BCUT2D eigenvalue weighted by Crippen LogP contribution is 2.33. The van der Waals surface area contributed by atoms with Crippen molar-refractivity contribution in [2.24, 2.45) is 7.05 Å². The van der Waals surface area contributed by atoms with Gasteiger partial charge in [0.25, 0.3) is 0 Å². The van der Waals surface area contributed by atoms with Gasteiger partial charge in [-0.2, -0.15) is 5.10 Å². The molecule has 0 aromatic carbocycles. The molecule has 23 heavy (non-hydrogen) atoms. The van der Waals surface area contributed by atoms with E-state index in [9.17, 15) is 0 Å². The van der Waals surface area contributed by atoms with E-state index in [0.29, 0.717) is 5.92 Å². The number of aryl methyl sites for hydroxylation is 1. The summed E-state index contributed by atoms with van der Waals surface area (Å²) in [5, 5.41) is 14.8. The molecule has 1 fully saturated rings. The summed E-state index contributed by atoms with van der Waals surface area (Å²) in [4.78, 5) is 6.67. The lowest BCUT2D eigenvalue weighted by Crippen LogP contribution is -2.32. The molecule has 0 amide bonds. The zero-order valence-corrected chi connectivity index (χ0v) is 13.8. The van der Waals surface area contributed by atoms with Crippen LogP contribution in [0.1, 0.15) is 24.3 Å². The first-order chi connectivity index (χ1) is 11.3. The number of rotatable bonds is 3. The molecule has 7 heteroatoms. The molecule has 0 unspecified atom stereocenters. The second-order valence-electron chi connectivity index (χ2n) is 5.81. The van der Waals surface area contributed by atoms with E-state index in [1.165, 1.54) is 5.56 Å². The average molecular weight is 326 g/mol. The number of aromatic nitrogens is 5. The van der Waals surface area contributed by atoms with Gasteiger partial charge in [0.1, 0.15) is 5.69 Å². The van der Waals surface area contributed by atoms with Gasteiger partial charge in [0, 0.05) is 32.5 Å². The fourth-order valence-electron chi connectivity index (χ4n) is 2.99. The summed E-state index contributed by atoms with van der Waals surface area (Å²) in [5.41, 5.74) is 2.24. The predicted molar refractivity (Wildman–Crippen MR) is 90.5 cm³/mol. The summed E-state index contributed by atoms with van der Waals surface area (Å²) < 4.78 is 1.88. The zero-order valence-electron chi connectivity index (χ0n) is 13.0. The molecule has 118 valence electrons. The summed E-state index contributed by atoms with van der Waals surface area (Å²) >= 11 is 1.62. The van der Waals surface area contributed by atoms with Crippen LogP contribution in [0.2, 0.25) is 0 Å². The van der Waals surface area contributed by atoms with Crippen LogP contribution >= 0.6 is 11.3 Å². The topological polar surface area (TPSA) is 59.7 Å². The van der Waals surface area contributed by atoms with Crippen molar-refractivity contribution in [3.63, 3.8) is 0 Å². The largest absolute Gasteiger partial charge is 0.347 e. The molecule has 0 atom stereocenters. The van der Waals surface area contributed by atoms with Crippen molar-refractivity contribution >= 4 is 16.5 Å². The van der Waals surface area contributed by atoms with Crippen LogP contribution in [0.4, 0.5) is 5.13 Å². The highest BCUT2D eigenvalue weighted by Gasteiger charge is 2.24. The van der Waals surface area contributed by atoms with Gasteiger partial charge < -0.3 is 4.90 Å². The van der Waals surface area contributed by atoms with Crippen LogP contribution in [-0.4, -0.2) is 38.1 Å². The van der Waals surface area contributed by atoms with Gasteiger partial charge in [-0.1, -0.05) is 17.4 Å². The minimum absolute atomic E-state index is 0.600. The van der Waals surface area contributed by atoms with Gasteiger partial charge in [-0.15, -0.1) is 10.2 Å². The van der Waals surface area contributed by atoms with E-state index in [1.807, 2.05) is 36.1 Å². The molecule has 1 aliphatic heterocycles. The highest BCUT2D eigenvalue weighted by atomic mass is 32.1. The van der Waals surface area contributed by atoms with Gasteiger partial charge in [0.2, 0.25) is 5.13 Å². The molecule has 3 aromatic rings. The molecule has 1 saturated heterocycles. The Morgan fingerprint density at radius 3 is 2.74 bits per heavy atom. The quantitative estimate of drug-likeness (QED) is 0.740. The first-order valence-electron chi connectivity index (χ1n) is 7.78. The molecule has 0 radical (unpaired) electrons. The molecule has 4 heterocycles. The Labute approximate surface area is 138 Å². The third-order valence-electron chi connectivity index (χ3n) is 4.26. The van der Waals surface area contributed by atoms with Crippen LogP contribution in [-0.2, 0) is 7.05 Å². The van der Waals surface area contributed by atoms with Crippen molar-refractivity contribution in [1.82, 2.24) is 25.0 Å². The Hall–Kier alpha value is -2.28. The molecule has 0 bridgehead atoms. The number of pyridine rings is 1. The number of hydrogen-bond acceptors (Lipinski definition) is 6. The molecular weight excluding hydrogens is 308 g/mol. The minimum atomic E-state index is 0.600. The molecule has 0 spiro atoms. The second kappa shape index (κ2) is 6.08. The molecule has 3 aromatic heterocycles. The number of hydrogen-bond donors (Lipinski definition) is 0. The Morgan fingerprint density at radius 1 is 1.17 bits per heavy atom. The summed E-state index contributed by atoms with van der Waals surface area (Å²) in [6.07, 6.45) is 8.17. The van der Waals surface area contributed by atoms with E-state index in [0.717, 1.165) is 41.8 Å². The van der Waals surface area contributed by atoms with Gasteiger partial charge in [-0.05, 0) is 36.5 Å². The maximum absolute atomic E-state index is 4.36. The van der Waals surface area contributed by atoms with Crippen molar-refractivity contribution in [3.05, 3.63) is 42.4 Å². The van der Waals surface area contributed by atoms with Gasteiger partial charge in [-0.3, -0.25) is 9.67 Å². The number of nitrogens with zero attached hydrogens (tertiary/aromatic N) is 6. The maximum Gasteiger partial charge on any atom is 0.208 e. The van der Waals surface area contributed by atoms with Crippen LogP contribution in [0.15, 0.2) is 36.8 Å². The van der Waals surface area contributed by atoms with Gasteiger partial charge in [0.05, 0.1) is 6.20 Å². The fourth-order valence-corrected chi connectivity index (χ4v) is 3.86. The van der Waals surface area contributed by atoms with Crippen LogP contribution in [0.5, 0.6) is 0 Å². The Bertz CT molecular complexity index is 773. The van der Waals surface area contributed by atoms with Crippen molar-refractivity contribution in [2.45, 2.75) is 18.8 Å². The van der Waals surface area contributed by atoms with Crippen molar-refractivity contribution < 1.29 is 0 Å². The first kappa shape index (κ1) is 14.3. The lowest BCUT2D eigenvalue weighted by Gasteiger charge is -2.30. The smallest absolute Gasteiger partial charge is 0.208 e. The Kier molecular flexibility index (Phi) is 3.78. The average Bonchev–Trinajstić information content (AvgIpc) is 3.25. The van der Waals surface area contributed by atoms with Crippen molar-refractivity contribution in [3.8, 4) is 10.7 Å². The van der Waals surface area contributed by atoms with Crippen LogP contribution < -0.4 is 4.90 Å². The van der Waals surface area contributed by atoms with E-state index in [-0.39, 0.29) is 0 Å². The second-order valence-corrected chi connectivity index (χ2v) is 6.77. The number of piperidine rings is 1. The molecular formula is C16H18N6S. The number of anilines is 1. The summed E-state index contributed by atoms with van der Waals surface area (Å²) in [5.74, 6) is 0.600. The van der Waals surface area contributed by atoms with Crippen molar-refractivity contribution in [2.75, 3.05) is 18.0 Å². The minimum Gasteiger partial charge on any atom is -0.347 e. The first-order valence-corrected chi connectivity index (χ1v) is 8.59. The van der Waals surface area contributed by atoms with Crippen molar-refractivity contribution in [1.29, 1.82) is 0 Å². The van der Waals surface area contributed by atoms with E-state index in [4.69, 9.17) is 0 Å². The highest BCUT2D eigenvalue weighted by molar-refractivity contribution is 7.18. The zero-order chi connectivity index (χ0) is 15.6. The third kappa shape index (κ3) is 2.96. The van der Waals surface area contributed by atoms with Gasteiger partial charge in [-0.25, -0.2) is 0 Å². The summed E-state index contributed by atoms with van der Waals surface area (Å²) in [6.45, 7) is 2.02. The van der Waals surface area contributed by atoms with Gasteiger partial charge >= 0.3 is 0 Å². The molecule has 0 aliphatic carbocycles. The molecule has 0 saturated carbocycles. The predicted octanol–water partition coefficient (Wildman–Crippen LogP) is 2.72. The molecule has 1 aliphatic rings. The van der Waals surface area contributed by atoms with Crippen LogP contribution in [0, 0.1) is 0 Å². The van der Waals surface area contributed by atoms with E-state index in [1.54, 1.807) is 17.5 Å². The van der Waals surface area contributed by atoms with E-state index < -0.39 is 0 Å². The standard InChI is InChI=1S/C16H18N6S/c1-21-11-13(10-18-21)12-5-8-22(9-6-12)16-20-19-15(23-16)14-4-2-3-7-17-14/h2-4,7,10-12H,5-6,8-9H2,1H3. The monoisotopic (exact) mass is 326 g/mol. The molecule has 4 rings (SSSR count). The van der Waals surface area contributed by atoms with E-state index >= 15 is 0 Å².